The van der Waals surface area contributed by atoms with Gasteiger partial charge >= 0.3 is 0 Å². The molecule has 1 aliphatic heterocycles. The number of halogens is 1. The van der Waals surface area contributed by atoms with Crippen molar-refractivity contribution in [2.24, 2.45) is 0 Å². The Bertz CT molecular complexity index is 833. The van der Waals surface area contributed by atoms with E-state index < -0.39 is 0 Å². The van der Waals surface area contributed by atoms with Crippen LogP contribution in [0.25, 0.3) is 5.69 Å². The van der Waals surface area contributed by atoms with E-state index in [1.807, 2.05) is 36.9 Å². The van der Waals surface area contributed by atoms with E-state index in [0.29, 0.717) is 30.1 Å². The van der Waals surface area contributed by atoms with E-state index in [1.165, 1.54) is 0 Å². The van der Waals surface area contributed by atoms with Crippen LogP contribution in [0.3, 0.4) is 0 Å². The van der Waals surface area contributed by atoms with Crippen molar-refractivity contribution in [2.45, 2.75) is 45.6 Å². The van der Waals surface area contributed by atoms with Gasteiger partial charge in [0.1, 0.15) is 0 Å². The van der Waals surface area contributed by atoms with E-state index >= 15 is 0 Å². The number of nitrogens with zero attached hydrogens (tertiary/aromatic N) is 3. The molecule has 144 valence electrons. The van der Waals surface area contributed by atoms with Crippen LogP contribution in [-0.4, -0.2) is 45.6 Å². The third-order valence-corrected chi connectivity index (χ3v) is 5.08. The first-order chi connectivity index (χ1) is 13.0. The second kappa shape index (κ2) is 8.57. The van der Waals surface area contributed by atoms with Crippen molar-refractivity contribution in [3.63, 3.8) is 0 Å². The number of hydrogen-bond donors (Lipinski definition) is 1. The van der Waals surface area contributed by atoms with Gasteiger partial charge in [0.2, 0.25) is 5.91 Å². The fourth-order valence-electron chi connectivity index (χ4n) is 3.46. The average Bonchev–Trinajstić information content (AvgIpc) is 3.03. The lowest BCUT2D eigenvalue weighted by Gasteiger charge is -2.33. The number of hydrogen-bond acceptors (Lipinski definition) is 3. The molecule has 1 N–H and O–H groups in total. The highest BCUT2D eigenvalue weighted by molar-refractivity contribution is 6.30. The number of aromatic nitrogens is 2. The maximum atomic E-state index is 13.0. The quantitative estimate of drug-likeness (QED) is 0.854. The van der Waals surface area contributed by atoms with E-state index in [0.717, 1.165) is 30.6 Å². The molecule has 2 aromatic rings. The van der Waals surface area contributed by atoms with Crippen LogP contribution in [0, 0.1) is 6.92 Å². The van der Waals surface area contributed by atoms with Gasteiger partial charge in [0.15, 0.2) is 0 Å². The number of nitrogens with one attached hydrogen (secondary N) is 1. The van der Waals surface area contributed by atoms with Crippen LogP contribution in [0.2, 0.25) is 5.02 Å². The van der Waals surface area contributed by atoms with Gasteiger partial charge in [0, 0.05) is 30.6 Å². The molecule has 7 heteroatoms. The fourth-order valence-corrected chi connectivity index (χ4v) is 3.65. The molecule has 1 aromatic heterocycles. The second-order valence-electron chi connectivity index (χ2n) is 6.94. The van der Waals surface area contributed by atoms with Crippen molar-refractivity contribution in [2.75, 3.05) is 13.1 Å². The summed E-state index contributed by atoms with van der Waals surface area (Å²) in [7, 11) is 0. The molecule has 0 unspecified atom stereocenters. The van der Waals surface area contributed by atoms with Crippen LogP contribution in [0.1, 0.15) is 48.7 Å². The fraction of sp³-hybridized carbons (Fsp3) is 0.450. The lowest BCUT2D eigenvalue weighted by Crippen LogP contribution is -2.49. The molecule has 2 amide bonds. The molecule has 1 saturated heterocycles. The summed E-state index contributed by atoms with van der Waals surface area (Å²) in [6.07, 6.45) is 4.74. The highest BCUT2D eigenvalue weighted by Gasteiger charge is 2.27. The molecular formula is C20H25ClN4O2. The molecule has 1 atom stereocenters. The lowest BCUT2D eigenvalue weighted by atomic mass is 10.0. The molecule has 27 heavy (non-hydrogen) atoms. The average molecular weight is 389 g/mol. The standard InChI is InChI=1S/C20H25ClN4O2/c1-3-6-19(26)23-16-8-5-10-24(13-16)20(27)18-12-22-25(14(18)2)17-9-4-7-15(21)11-17/h4,7,9,11-12,16H,3,5-6,8,10,13H2,1-2H3,(H,23,26)/t16-/m1/s1. The van der Waals surface area contributed by atoms with Crippen LogP contribution in [0.5, 0.6) is 0 Å². The number of amides is 2. The smallest absolute Gasteiger partial charge is 0.257 e. The van der Waals surface area contributed by atoms with Gasteiger partial charge in [-0.3, -0.25) is 9.59 Å². The molecular weight excluding hydrogens is 364 g/mol. The Morgan fingerprint density at radius 3 is 2.93 bits per heavy atom. The van der Waals surface area contributed by atoms with Gasteiger partial charge in [-0.2, -0.15) is 5.10 Å². The minimum absolute atomic E-state index is 0.0185. The van der Waals surface area contributed by atoms with Gasteiger partial charge in [0.25, 0.3) is 5.91 Å². The van der Waals surface area contributed by atoms with E-state index in [-0.39, 0.29) is 17.9 Å². The topological polar surface area (TPSA) is 67.2 Å². The number of carbonyl (C=O) groups is 2. The minimum atomic E-state index is -0.0461. The number of rotatable bonds is 5. The van der Waals surface area contributed by atoms with Crippen molar-refractivity contribution >= 4 is 23.4 Å². The summed E-state index contributed by atoms with van der Waals surface area (Å²) in [6.45, 7) is 5.10. The summed E-state index contributed by atoms with van der Waals surface area (Å²) in [5.41, 5.74) is 2.18. The zero-order valence-electron chi connectivity index (χ0n) is 15.7. The molecule has 2 heterocycles. The summed E-state index contributed by atoms with van der Waals surface area (Å²) in [5.74, 6) is 0.0111. The molecule has 0 radical (unpaired) electrons. The number of carbonyl (C=O) groups excluding carboxylic acids is 2. The van der Waals surface area contributed by atoms with Gasteiger partial charge in [-0.1, -0.05) is 24.6 Å². The summed E-state index contributed by atoms with van der Waals surface area (Å²) in [4.78, 5) is 26.7. The molecule has 6 nitrogen and oxygen atoms in total. The Morgan fingerprint density at radius 1 is 1.37 bits per heavy atom. The largest absolute Gasteiger partial charge is 0.352 e. The van der Waals surface area contributed by atoms with Crippen LogP contribution in [0.15, 0.2) is 30.5 Å². The third-order valence-electron chi connectivity index (χ3n) is 4.84. The Morgan fingerprint density at radius 2 is 2.19 bits per heavy atom. The van der Waals surface area contributed by atoms with Crippen molar-refractivity contribution in [3.05, 3.63) is 46.7 Å². The van der Waals surface area contributed by atoms with Crippen molar-refractivity contribution in [1.29, 1.82) is 0 Å². The van der Waals surface area contributed by atoms with Crippen molar-refractivity contribution in [1.82, 2.24) is 20.0 Å². The molecule has 1 aromatic carbocycles. The first-order valence-electron chi connectivity index (χ1n) is 9.38. The van der Waals surface area contributed by atoms with Crippen LogP contribution < -0.4 is 5.32 Å². The lowest BCUT2D eigenvalue weighted by molar-refractivity contribution is -0.122. The zero-order chi connectivity index (χ0) is 19.4. The van der Waals surface area contributed by atoms with E-state index in [9.17, 15) is 9.59 Å². The van der Waals surface area contributed by atoms with E-state index in [2.05, 4.69) is 10.4 Å². The minimum Gasteiger partial charge on any atom is -0.352 e. The third kappa shape index (κ3) is 4.50. The van der Waals surface area contributed by atoms with Gasteiger partial charge in [0.05, 0.1) is 23.1 Å². The van der Waals surface area contributed by atoms with Crippen LogP contribution in [0.4, 0.5) is 0 Å². The predicted octanol–water partition coefficient (Wildman–Crippen LogP) is 3.36. The second-order valence-corrected chi connectivity index (χ2v) is 7.38. The normalized spacial score (nSPS) is 17.0. The summed E-state index contributed by atoms with van der Waals surface area (Å²) in [6, 6.07) is 7.40. The predicted molar refractivity (Wildman–Crippen MR) is 105 cm³/mol. The molecule has 1 aliphatic rings. The molecule has 3 rings (SSSR count). The summed E-state index contributed by atoms with van der Waals surface area (Å²) < 4.78 is 1.73. The molecule has 0 saturated carbocycles. The number of piperidine rings is 1. The van der Waals surface area contributed by atoms with E-state index in [1.54, 1.807) is 16.9 Å². The van der Waals surface area contributed by atoms with Crippen molar-refractivity contribution < 1.29 is 9.59 Å². The molecule has 0 spiro atoms. The highest BCUT2D eigenvalue weighted by Crippen LogP contribution is 2.20. The highest BCUT2D eigenvalue weighted by atomic mass is 35.5. The number of benzene rings is 1. The molecule has 1 fully saturated rings. The van der Waals surface area contributed by atoms with Gasteiger partial charge in [-0.15, -0.1) is 0 Å². The molecule has 0 bridgehead atoms. The van der Waals surface area contributed by atoms with Crippen molar-refractivity contribution in [3.8, 4) is 5.69 Å². The molecule has 0 aliphatic carbocycles. The summed E-state index contributed by atoms with van der Waals surface area (Å²) >= 11 is 6.07. The Labute approximate surface area is 164 Å². The maximum Gasteiger partial charge on any atom is 0.257 e. The summed E-state index contributed by atoms with van der Waals surface area (Å²) in [5, 5.41) is 8.04. The SMILES string of the molecule is CCCC(=O)N[C@@H]1CCCN(C(=O)c2cnn(-c3cccc(Cl)c3)c2C)C1. The van der Waals surface area contributed by atoms with E-state index in [4.69, 9.17) is 11.6 Å². The number of likely N-dealkylation sites (tertiary alicyclic amines) is 1. The van der Waals surface area contributed by atoms with Gasteiger partial charge < -0.3 is 10.2 Å². The first kappa shape index (κ1) is 19.4. The Kier molecular flexibility index (Phi) is 6.16. The monoisotopic (exact) mass is 388 g/mol. The van der Waals surface area contributed by atoms with Gasteiger partial charge in [-0.25, -0.2) is 4.68 Å². The first-order valence-corrected chi connectivity index (χ1v) is 9.76. The Hall–Kier alpha value is -2.34. The van der Waals surface area contributed by atoms with Gasteiger partial charge in [-0.05, 0) is 44.4 Å². The van der Waals surface area contributed by atoms with Crippen LogP contribution >= 0.6 is 11.6 Å². The Balaban J connectivity index is 1.73. The maximum absolute atomic E-state index is 13.0. The van der Waals surface area contributed by atoms with Crippen LogP contribution in [-0.2, 0) is 4.79 Å². The zero-order valence-corrected chi connectivity index (χ0v) is 16.5.